The molecule has 90 valence electrons. The van der Waals surface area contributed by atoms with Crippen LogP contribution in [0.4, 0.5) is 0 Å². The number of nitrogens with zero attached hydrogens (tertiary/aromatic N) is 1. The van der Waals surface area contributed by atoms with Gasteiger partial charge in [-0.3, -0.25) is 10.1 Å². The zero-order valence-corrected chi connectivity index (χ0v) is 9.63. The maximum absolute atomic E-state index is 10.6. The second kappa shape index (κ2) is 4.75. The third-order valence-electron chi connectivity index (χ3n) is 3.05. The number of fused-ring (bicyclic) bond motifs is 1. The molecule has 1 unspecified atom stereocenters. The van der Waals surface area contributed by atoms with Gasteiger partial charge in [-0.2, -0.15) is 0 Å². The van der Waals surface area contributed by atoms with Crippen LogP contribution in [0.3, 0.4) is 0 Å². The molecule has 1 aromatic rings. The minimum absolute atomic E-state index is 0.139. The molecule has 1 N–H and O–H groups in total. The summed E-state index contributed by atoms with van der Waals surface area (Å²) in [7, 11) is 0. The zero-order chi connectivity index (χ0) is 12.4. The highest BCUT2D eigenvalue weighted by atomic mass is 16.6. The molecule has 17 heavy (non-hydrogen) atoms. The Morgan fingerprint density at radius 3 is 3.06 bits per heavy atom. The number of nitro groups is 1. The molecule has 0 spiro atoms. The minimum Gasteiger partial charge on any atom is -0.494 e. The number of ether oxygens (including phenoxy) is 1. The van der Waals surface area contributed by atoms with Crippen LogP contribution in [0.15, 0.2) is 18.2 Å². The van der Waals surface area contributed by atoms with Gasteiger partial charge in [0.25, 0.3) is 0 Å². The van der Waals surface area contributed by atoms with Gasteiger partial charge in [0.15, 0.2) is 0 Å². The zero-order valence-electron chi connectivity index (χ0n) is 9.63. The largest absolute Gasteiger partial charge is 0.494 e. The number of rotatable bonds is 4. The van der Waals surface area contributed by atoms with Gasteiger partial charge in [0.05, 0.1) is 6.61 Å². The van der Waals surface area contributed by atoms with Crippen molar-refractivity contribution in [2.75, 3.05) is 13.2 Å². The fourth-order valence-electron chi connectivity index (χ4n) is 2.42. The van der Waals surface area contributed by atoms with Crippen molar-refractivity contribution in [1.29, 1.82) is 0 Å². The van der Waals surface area contributed by atoms with Crippen LogP contribution in [0.1, 0.15) is 18.4 Å². The highest BCUT2D eigenvalue weighted by molar-refractivity contribution is 6.69. The molecule has 0 saturated carbocycles. The Labute approximate surface area is 99.7 Å². The molecule has 0 amide bonds. The molecule has 6 heteroatoms. The van der Waals surface area contributed by atoms with Crippen molar-refractivity contribution in [3.8, 4) is 5.75 Å². The van der Waals surface area contributed by atoms with E-state index in [0.717, 1.165) is 11.0 Å². The first-order valence-electron chi connectivity index (χ1n) is 5.69. The molecule has 0 bridgehead atoms. The summed E-state index contributed by atoms with van der Waals surface area (Å²) in [6.45, 7) is 1.59. The van der Waals surface area contributed by atoms with Crippen LogP contribution in [-0.2, 0) is 0 Å². The summed E-state index contributed by atoms with van der Waals surface area (Å²) in [6.07, 6.45) is 0.403. The maximum Gasteiger partial charge on any atom is 0.328 e. The fraction of sp³-hybridized carbons (Fsp3) is 0.455. The van der Waals surface area contributed by atoms with E-state index in [1.165, 1.54) is 0 Å². The second-order valence-electron chi connectivity index (χ2n) is 4.16. The molecule has 1 atom stereocenters. The predicted molar refractivity (Wildman–Crippen MR) is 64.6 cm³/mol. The third-order valence-corrected chi connectivity index (χ3v) is 3.05. The molecule has 0 aromatic heterocycles. The van der Waals surface area contributed by atoms with Crippen LogP contribution in [0.25, 0.3) is 0 Å². The van der Waals surface area contributed by atoms with Crippen LogP contribution in [0.2, 0.25) is 6.32 Å². The lowest BCUT2D eigenvalue weighted by molar-refractivity contribution is -0.482. The van der Waals surface area contributed by atoms with Gasteiger partial charge >= 0.3 is 6.92 Å². The molecule has 0 fully saturated rings. The predicted octanol–water partition coefficient (Wildman–Crippen LogP) is 0.650. The monoisotopic (exact) mass is 235 g/mol. The molecule has 0 radical (unpaired) electrons. The SMILES string of the molecule is CCOc1cccc2c1B(O)CC2C[N+](=O)[O-]. The van der Waals surface area contributed by atoms with E-state index in [1.54, 1.807) is 6.07 Å². The standard InChI is InChI=1S/C11H14BNO4/c1-2-17-10-5-3-4-9-8(7-13(15)16)6-12(14)11(9)10/h3-5,8,14H,2,6-7H2,1H3. The average Bonchev–Trinajstić information content (AvgIpc) is 2.57. The van der Waals surface area contributed by atoms with Crippen molar-refractivity contribution < 1.29 is 14.7 Å². The van der Waals surface area contributed by atoms with Crippen LogP contribution < -0.4 is 10.2 Å². The summed E-state index contributed by atoms with van der Waals surface area (Å²) in [5.41, 5.74) is 1.57. The third kappa shape index (κ3) is 2.26. The summed E-state index contributed by atoms with van der Waals surface area (Å²) in [6, 6.07) is 5.44. The van der Waals surface area contributed by atoms with E-state index in [4.69, 9.17) is 4.74 Å². The lowest BCUT2D eigenvalue weighted by atomic mass is 9.62. The van der Waals surface area contributed by atoms with Crippen molar-refractivity contribution in [3.05, 3.63) is 33.9 Å². The molecule has 1 aliphatic rings. The fourth-order valence-corrected chi connectivity index (χ4v) is 2.42. The Balaban J connectivity index is 2.35. The summed E-state index contributed by atoms with van der Waals surface area (Å²) in [4.78, 5) is 10.2. The van der Waals surface area contributed by atoms with E-state index in [9.17, 15) is 15.1 Å². The van der Waals surface area contributed by atoms with Crippen molar-refractivity contribution >= 4 is 12.4 Å². The Hall–Kier alpha value is -1.56. The summed E-state index contributed by atoms with van der Waals surface area (Å²) < 4.78 is 5.44. The van der Waals surface area contributed by atoms with Gasteiger partial charge in [-0.05, 0) is 30.3 Å². The molecule has 2 rings (SSSR count). The first-order chi connectivity index (χ1) is 8.13. The highest BCUT2D eigenvalue weighted by Crippen LogP contribution is 2.30. The van der Waals surface area contributed by atoms with E-state index >= 15 is 0 Å². The van der Waals surface area contributed by atoms with Gasteiger partial charge in [-0.25, -0.2) is 0 Å². The van der Waals surface area contributed by atoms with E-state index in [0.29, 0.717) is 18.7 Å². The average molecular weight is 235 g/mol. The molecule has 1 aliphatic heterocycles. The maximum atomic E-state index is 10.6. The van der Waals surface area contributed by atoms with Gasteiger partial charge in [0.1, 0.15) is 5.75 Å². The van der Waals surface area contributed by atoms with Crippen LogP contribution in [0, 0.1) is 10.1 Å². The van der Waals surface area contributed by atoms with E-state index in [2.05, 4.69) is 0 Å². The number of hydrogen-bond donors (Lipinski definition) is 1. The first kappa shape index (κ1) is 11.9. The molecular formula is C11H14BNO4. The minimum atomic E-state index is -0.655. The van der Waals surface area contributed by atoms with Crippen molar-refractivity contribution in [3.63, 3.8) is 0 Å². The Kier molecular flexibility index (Phi) is 3.33. The van der Waals surface area contributed by atoms with Gasteiger partial charge in [0.2, 0.25) is 6.54 Å². The van der Waals surface area contributed by atoms with Gasteiger partial charge in [-0.1, -0.05) is 12.1 Å². The van der Waals surface area contributed by atoms with E-state index in [-0.39, 0.29) is 17.4 Å². The van der Waals surface area contributed by atoms with Crippen LogP contribution >= 0.6 is 0 Å². The van der Waals surface area contributed by atoms with Crippen molar-refractivity contribution in [2.24, 2.45) is 0 Å². The normalized spacial score (nSPS) is 18.0. The first-order valence-corrected chi connectivity index (χ1v) is 5.69. The Morgan fingerprint density at radius 2 is 2.41 bits per heavy atom. The lowest BCUT2D eigenvalue weighted by Crippen LogP contribution is -2.28. The van der Waals surface area contributed by atoms with Crippen LogP contribution in [-0.4, -0.2) is 30.0 Å². The van der Waals surface area contributed by atoms with E-state index in [1.807, 2.05) is 19.1 Å². The Morgan fingerprint density at radius 1 is 1.65 bits per heavy atom. The van der Waals surface area contributed by atoms with Gasteiger partial charge in [0, 0.05) is 10.8 Å². The summed E-state index contributed by atoms with van der Waals surface area (Å²) in [5.74, 6) is 0.429. The van der Waals surface area contributed by atoms with Crippen molar-refractivity contribution in [1.82, 2.24) is 0 Å². The topological polar surface area (TPSA) is 72.6 Å². The van der Waals surface area contributed by atoms with Gasteiger partial charge < -0.3 is 9.76 Å². The summed E-state index contributed by atoms with van der Waals surface area (Å²) >= 11 is 0. The molecule has 1 heterocycles. The lowest BCUT2D eigenvalue weighted by Gasteiger charge is -2.11. The quantitative estimate of drug-likeness (QED) is 0.472. The second-order valence-corrected chi connectivity index (χ2v) is 4.16. The molecule has 0 saturated heterocycles. The van der Waals surface area contributed by atoms with Crippen LogP contribution in [0.5, 0.6) is 5.75 Å². The Bertz CT molecular complexity index is 437. The molecule has 1 aromatic carbocycles. The van der Waals surface area contributed by atoms with Crippen molar-refractivity contribution in [2.45, 2.75) is 19.2 Å². The smallest absolute Gasteiger partial charge is 0.328 e. The molecule has 5 nitrogen and oxygen atoms in total. The van der Waals surface area contributed by atoms with E-state index < -0.39 is 6.92 Å². The molecular weight excluding hydrogens is 221 g/mol. The summed E-state index contributed by atoms with van der Waals surface area (Å²) in [5, 5.41) is 20.5. The number of benzene rings is 1. The van der Waals surface area contributed by atoms with Gasteiger partial charge in [-0.15, -0.1) is 0 Å². The molecule has 0 aliphatic carbocycles. The number of hydrogen-bond acceptors (Lipinski definition) is 4. The highest BCUT2D eigenvalue weighted by Gasteiger charge is 2.38.